The molecular weight excluding hydrogens is 256 g/mol. The highest BCUT2D eigenvalue weighted by Crippen LogP contribution is 2.42. The summed E-state index contributed by atoms with van der Waals surface area (Å²) in [5.74, 6) is 0.302. The van der Waals surface area contributed by atoms with E-state index in [1.54, 1.807) is 7.11 Å². The Hall–Kier alpha value is -0.650. The molecule has 2 fully saturated rings. The molecule has 0 spiro atoms. The van der Waals surface area contributed by atoms with Crippen LogP contribution in [0.25, 0.3) is 0 Å². The highest BCUT2D eigenvalue weighted by atomic mass is 16.5. The molecule has 0 saturated heterocycles. The molecule has 20 heavy (non-hydrogen) atoms. The van der Waals surface area contributed by atoms with Crippen molar-refractivity contribution >= 4 is 5.97 Å². The maximum absolute atomic E-state index is 12.5. The van der Waals surface area contributed by atoms with Gasteiger partial charge in [0, 0.05) is 25.7 Å². The lowest BCUT2D eigenvalue weighted by Gasteiger charge is -2.38. The molecule has 0 amide bonds. The fourth-order valence-electron chi connectivity index (χ4n) is 2.85. The number of ether oxygens (including phenoxy) is 2. The van der Waals surface area contributed by atoms with Crippen molar-refractivity contribution in [1.82, 2.24) is 10.2 Å². The lowest BCUT2D eigenvalue weighted by atomic mass is 9.91. The van der Waals surface area contributed by atoms with Gasteiger partial charge in [-0.15, -0.1) is 0 Å². The van der Waals surface area contributed by atoms with Crippen LogP contribution in [-0.2, 0) is 14.3 Å². The lowest BCUT2D eigenvalue weighted by Crippen LogP contribution is -2.62. The summed E-state index contributed by atoms with van der Waals surface area (Å²) in [6, 6.07) is 0.768. The SMILES string of the molecule is COCC(C)N(C)CC(NC1CC1)(C(=O)OC)C1CC1. The minimum atomic E-state index is -0.535. The van der Waals surface area contributed by atoms with E-state index < -0.39 is 5.54 Å². The van der Waals surface area contributed by atoms with Gasteiger partial charge in [0.25, 0.3) is 0 Å². The van der Waals surface area contributed by atoms with Crippen molar-refractivity contribution < 1.29 is 14.3 Å². The average molecular weight is 284 g/mol. The van der Waals surface area contributed by atoms with E-state index in [-0.39, 0.29) is 12.0 Å². The fraction of sp³-hybridized carbons (Fsp3) is 0.933. The summed E-state index contributed by atoms with van der Waals surface area (Å²) in [7, 11) is 5.26. The van der Waals surface area contributed by atoms with E-state index in [0.717, 1.165) is 12.8 Å². The van der Waals surface area contributed by atoms with Crippen molar-refractivity contribution in [2.75, 3.05) is 34.4 Å². The first kappa shape index (κ1) is 15.7. The van der Waals surface area contributed by atoms with Crippen LogP contribution in [0.5, 0.6) is 0 Å². The Morgan fingerprint density at radius 2 is 2.00 bits per heavy atom. The molecule has 2 saturated carbocycles. The Morgan fingerprint density at radius 1 is 1.35 bits per heavy atom. The Labute approximate surface area is 122 Å². The number of nitrogens with one attached hydrogen (secondary N) is 1. The van der Waals surface area contributed by atoms with Crippen LogP contribution in [0.15, 0.2) is 0 Å². The number of nitrogens with zero attached hydrogens (tertiary/aromatic N) is 1. The van der Waals surface area contributed by atoms with Crippen molar-refractivity contribution in [2.24, 2.45) is 5.92 Å². The summed E-state index contributed by atoms with van der Waals surface area (Å²) >= 11 is 0. The number of carbonyl (C=O) groups excluding carboxylic acids is 1. The normalized spacial score (nSPS) is 23.4. The number of hydrogen-bond donors (Lipinski definition) is 1. The van der Waals surface area contributed by atoms with Crippen LogP contribution < -0.4 is 5.32 Å². The fourth-order valence-corrected chi connectivity index (χ4v) is 2.85. The molecule has 1 N–H and O–H groups in total. The first-order valence-electron chi connectivity index (χ1n) is 7.58. The molecular formula is C15H28N2O3. The van der Waals surface area contributed by atoms with Gasteiger partial charge >= 0.3 is 5.97 Å². The minimum absolute atomic E-state index is 0.108. The van der Waals surface area contributed by atoms with Gasteiger partial charge in [0.1, 0.15) is 5.54 Å². The van der Waals surface area contributed by atoms with Gasteiger partial charge < -0.3 is 9.47 Å². The molecule has 0 bridgehead atoms. The van der Waals surface area contributed by atoms with Crippen LogP contribution in [-0.4, -0.2) is 62.9 Å². The largest absolute Gasteiger partial charge is 0.468 e. The first-order valence-corrected chi connectivity index (χ1v) is 7.58. The third kappa shape index (κ3) is 3.51. The van der Waals surface area contributed by atoms with Gasteiger partial charge in [-0.1, -0.05) is 0 Å². The van der Waals surface area contributed by atoms with Gasteiger partial charge in [-0.3, -0.25) is 10.2 Å². The van der Waals surface area contributed by atoms with Crippen LogP contribution in [0.1, 0.15) is 32.6 Å². The summed E-state index contributed by atoms with van der Waals surface area (Å²) in [6.45, 7) is 3.47. The van der Waals surface area contributed by atoms with Gasteiger partial charge in [-0.2, -0.15) is 0 Å². The van der Waals surface area contributed by atoms with E-state index in [1.165, 1.54) is 20.0 Å². The Morgan fingerprint density at radius 3 is 2.45 bits per heavy atom. The standard InChI is InChI=1S/C15H28N2O3/c1-11(9-19-3)17(2)10-15(12-5-6-12,14(18)20-4)16-13-7-8-13/h11-13,16H,5-10H2,1-4H3. The van der Waals surface area contributed by atoms with E-state index in [1.807, 2.05) is 0 Å². The maximum Gasteiger partial charge on any atom is 0.327 e. The van der Waals surface area contributed by atoms with E-state index in [0.29, 0.717) is 25.1 Å². The molecule has 2 unspecified atom stereocenters. The van der Waals surface area contributed by atoms with E-state index in [9.17, 15) is 4.79 Å². The number of carbonyl (C=O) groups is 1. The molecule has 0 aromatic rings. The minimum Gasteiger partial charge on any atom is -0.468 e. The van der Waals surface area contributed by atoms with Crippen LogP contribution in [0.4, 0.5) is 0 Å². The molecule has 0 aromatic carbocycles. The van der Waals surface area contributed by atoms with E-state index in [4.69, 9.17) is 9.47 Å². The van der Waals surface area contributed by atoms with Crippen molar-refractivity contribution in [3.8, 4) is 0 Å². The van der Waals surface area contributed by atoms with Crippen molar-refractivity contribution in [1.29, 1.82) is 0 Å². The summed E-state index contributed by atoms with van der Waals surface area (Å²) in [6.07, 6.45) is 4.56. The smallest absolute Gasteiger partial charge is 0.327 e. The molecule has 2 rings (SSSR count). The number of hydrogen-bond acceptors (Lipinski definition) is 5. The highest BCUT2D eigenvalue weighted by Gasteiger charge is 2.54. The van der Waals surface area contributed by atoms with Gasteiger partial charge in [-0.05, 0) is 45.6 Å². The summed E-state index contributed by atoms with van der Waals surface area (Å²) in [5, 5.41) is 3.59. The second-order valence-corrected chi connectivity index (χ2v) is 6.38. The number of esters is 1. The zero-order valence-corrected chi connectivity index (χ0v) is 13.1. The number of methoxy groups -OCH3 is 2. The number of rotatable bonds is 9. The molecule has 5 heteroatoms. The predicted molar refractivity (Wildman–Crippen MR) is 77.6 cm³/mol. The number of likely N-dealkylation sites (N-methyl/N-ethyl adjacent to an activating group) is 1. The lowest BCUT2D eigenvalue weighted by molar-refractivity contribution is -0.151. The molecule has 2 aliphatic carbocycles. The monoisotopic (exact) mass is 284 g/mol. The Kier molecular flexibility index (Phi) is 5.04. The zero-order valence-electron chi connectivity index (χ0n) is 13.1. The molecule has 0 radical (unpaired) electrons. The van der Waals surface area contributed by atoms with Crippen molar-refractivity contribution in [3.63, 3.8) is 0 Å². The Bertz CT molecular complexity index is 342. The van der Waals surface area contributed by atoms with E-state index in [2.05, 4.69) is 24.2 Å². The quantitative estimate of drug-likeness (QED) is 0.641. The van der Waals surface area contributed by atoms with Crippen molar-refractivity contribution in [2.45, 2.75) is 50.2 Å². The molecule has 5 nitrogen and oxygen atoms in total. The molecule has 116 valence electrons. The molecule has 2 aliphatic rings. The second kappa shape index (κ2) is 6.41. The first-order chi connectivity index (χ1) is 9.53. The second-order valence-electron chi connectivity index (χ2n) is 6.38. The van der Waals surface area contributed by atoms with Crippen LogP contribution in [0.2, 0.25) is 0 Å². The molecule has 0 aromatic heterocycles. The van der Waals surface area contributed by atoms with Crippen LogP contribution in [0.3, 0.4) is 0 Å². The predicted octanol–water partition coefficient (Wildman–Crippen LogP) is 1.03. The molecule has 0 heterocycles. The van der Waals surface area contributed by atoms with Gasteiger partial charge in [0.15, 0.2) is 0 Å². The van der Waals surface area contributed by atoms with Crippen LogP contribution in [0, 0.1) is 5.92 Å². The zero-order chi connectivity index (χ0) is 14.8. The average Bonchev–Trinajstić information content (AvgIpc) is 3.27. The maximum atomic E-state index is 12.5. The summed E-state index contributed by atoms with van der Waals surface area (Å²) in [5.41, 5.74) is -0.535. The Balaban J connectivity index is 2.09. The third-order valence-corrected chi connectivity index (χ3v) is 4.52. The topological polar surface area (TPSA) is 50.8 Å². The summed E-state index contributed by atoms with van der Waals surface area (Å²) < 4.78 is 10.3. The van der Waals surface area contributed by atoms with E-state index >= 15 is 0 Å². The van der Waals surface area contributed by atoms with Gasteiger partial charge in [-0.25, -0.2) is 4.79 Å². The highest BCUT2D eigenvalue weighted by molar-refractivity contribution is 5.82. The molecule has 2 atom stereocenters. The van der Waals surface area contributed by atoms with Gasteiger partial charge in [0.05, 0.1) is 13.7 Å². The molecule has 0 aliphatic heterocycles. The van der Waals surface area contributed by atoms with Crippen molar-refractivity contribution in [3.05, 3.63) is 0 Å². The van der Waals surface area contributed by atoms with Crippen LogP contribution >= 0.6 is 0 Å². The third-order valence-electron chi connectivity index (χ3n) is 4.52. The van der Waals surface area contributed by atoms with Gasteiger partial charge in [0.2, 0.25) is 0 Å². The summed E-state index contributed by atoms with van der Waals surface area (Å²) in [4.78, 5) is 14.7.